The van der Waals surface area contributed by atoms with E-state index in [-0.39, 0.29) is 22.6 Å². The third-order valence-corrected chi connectivity index (χ3v) is 6.25. The predicted molar refractivity (Wildman–Crippen MR) is 136 cm³/mol. The first-order chi connectivity index (χ1) is 16.8. The van der Waals surface area contributed by atoms with Crippen molar-refractivity contribution in [2.45, 2.75) is 26.8 Å². The summed E-state index contributed by atoms with van der Waals surface area (Å²) >= 11 is 6.36. The molecule has 1 amide bonds. The fourth-order valence-corrected chi connectivity index (χ4v) is 4.75. The van der Waals surface area contributed by atoms with Crippen molar-refractivity contribution < 1.29 is 24.2 Å². The Morgan fingerprint density at radius 3 is 2.37 bits per heavy atom. The minimum atomic E-state index is -0.865. The molecule has 1 unspecified atom stereocenters. The number of hydrogen-bond acceptors (Lipinski definition) is 5. The summed E-state index contributed by atoms with van der Waals surface area (Å²) < 4.78 is 11.0. The Bertz CT molecular complexity index is 1330. The molecule has 1 aliphatic rings. The number of ketones is 1. The van der Waals surface area contributed by atoms with Crippen LogP contribution in [0.25, 0.3) is 5.76 Å². The molecule has 3 aromatic carbocycles. The molecule has 0 spiro atoms. The van der Waals surface area contributed by atoms with Gasteiger partial charge in [0.1, 0.15) is 17.3 Å². The van der Waals surface area contributed by atoms with Crippen LogP contribution in [0.3, 0.4) is 0 Å². The minimum Gasteiger partial charge on any atom is -0.507 e. The molecule has 1 atom stereocenters. The number of benzene rings is 3. The Kier molecular flexibility index (Phi) is 6.85. The molecule has 1 fully saturated rings. The summed E-state index contributed by atoms with van der Waals surface area (Å²) in [6.45, 7) is 6.08. The summed E-state index contributed by atoms with van der Waals surface area (Å²) in [7, 11) is 1.43. The van der Waals surface area contributed by atoms with Crippen LogP contribution in [0.5, 0.6) is 11.5 Å². The van der Waals surface area contributed by atoms with Gasteiger partial charge in [-0.3, -0.25) is 14.5 Å². The first kappa shape index (κ1) is 24.4. The van der Waals surface area contributed by atoms with Crippen molar-refractivity contribution in [2.24, 2.45) is 0 Å². The zero-order chi connectivity index (χ0) is 25.3. The molecule has 6 nitrogen and oxygen atoms in total. The van der Waals surface area contributed by atoms with Crippen molar-refractivity contribution in [1.82, 2.24) is 0 Å². The monoisotopic (exact) mass is 491 g/mol. The number of nitrogens with zero attached hydrogens (tertiary/aromatic N) is 1. The number of aryl methyl sites for hydroxylation is 2. The van der Waals surface area contributed by atoms with Crippen molar-refractivity contribution in [2.75, 3.05) is 18.6 Å². The number of methoxy groups -OCH3 is 1. The van der Waals surface area contributed by atoms with E-state index in [1.807, 2.05) is 32.9 Å². The molecule has 3 aromatic rings. The normalized spacial score (nSPS) is 17.1. The molecule has 1 N–H and O–H groups in total. The molecule has 35 heavy (non-hydrogen) atoms. The van der Waals surface area contributed by atoms with Gasteiger partial charge >= 0.3 is 0 Å². The number of hydrogen-bond donors (Lipinski definition) is 1. The van der Waals surface area contributed by atoms with E-state index in [1.54, 1.807) is 48.5 Å². The number of aliphatic hydroxyl groups is 1. The van der Waals surface area contributed by atoms with Gasteiger partial charge in [0, 0.05) is 5.69 Å². The van der Waals surface area contributed by atoms with Crippen LogP contribution in [-0.2, 0) is 9.59 Å². The SMILES string of the molecule is CCOc1ccc(C2/C(=C(\O)c3cc(C)cc(Cl)c3OC)C(=O)C(=O)N2c2ccccc2C)cc1. The maximum absolute atomic E-state index is 13.4. The number of halogens is 1. The second-order valence-electron chi connectivity index (χ2n) is 8.29. The lowest BCUT2D eigenvalue weighted by Crippen LogP contribution is -2.30. The van der Waals surface area contributed by atoms with E-state index in [0.29, 0.717) is 28.6 Å². The Hall–Kier alpha value is -3.77. The van der Waals surface area contributed by atoms with Gasteiger partial charge in [-0.15, -0.1) is 0 Å². The van der Waals surface area contributed by atoms with Gasteiger partial charge in [0.2, 0.25) is 0 Å². The molecule has 0 radical (unpaired) electrons. The number of amides is 1. The number of carbonyl (C=O) groups excluding carboxylic acids is 2. The van der Waals surface area contributed by atoms with Crippen molar-refractivity contribution in [3.8, 4) is 11.5 Å². The molecule has 0 bridgehead atoms. The van der Waals surface area contributed by atoms with Gasteiger partial charge < -0.3 is 14.6 Å². The van der Waals surface area contributed by atoms with Crippen molar-refractivity contribution >= 4 is 34.7 Å². The number of anilines is 1. The highest BCUT2D eigenvalue weighted by atomic mass is 35.5. The third kappa shape index (κ3) is 4.37. The smallest absolute Gasteiger partial charge is 0.300 e. The van der Waals surface area contributed by atoms with Crippen LogP contribution < -0.4 is 14.4 Å². The van der Waals surface area contributed by atoms with E-state index in [2.05, 4.69) is 0 Å². The van der Waals surface area contributed by atoms with Crippen LogP contribution in [-0.4, -0.2) is 30.5 Å². The van der Waals surface area contributed by atoms with E-state index in [0.717, 1.165) is 11.1 Å². The van der Waals surface area contributed by atoms with Gasteiger partial charge in [-0.25, -0.2) is 0 Å². The van der Waals surface area contributed by atoms with Gasteiger partial charge in [0.05, 0.1) is 35.9 Å². The van der Waals surface area contributed by atoms with Gasteiger partial charge in [-0.05, 0) is 67.8 Å². The van der Waals surface area contributed by atoms with Crippen molar-refractivity contribution in [3.63, 3.8) is 0 Å². The Morgan fingerprint density at radius 1 is 1.06 bits per heavy atom. The van der Waals surface area contributed by atoms with E-state index >= 15 is 0 Å². The lowest BCUT2D eigenvalue weighted by atomic mass is 9.94. The topological polar surface area (TPSA) is 76.1 Å². The molecule has 1 saturated heterocycles. The minimum absolute atomic E-state index is 0.0395. The molecular formula is C28H26ClNO5. The van der Waals surface area contributed by atoms with Crippen LogP contribution in [0.4, 0.5) is 5.69 Å². The van der Waals surface area contributed by atoms with E-state index in [1.165, 1.54) is 12.0 Å². The molecule has 1 heterocycles. The lowest BCUT2D eigenvalue weighted by Gasteiger charge is -2.27. The van der Waals surface area contributed by atoms with Crippen LogP contribution >= 0.6 is 11.6 Å². The summed E-state index contributed by atoms with van der Waals surface area (Å²) in [6, 6.07) is 17.0. The number of ether oxygens (including phenoxy) is 2. The Balaban J connectivity index is 1.99. The second-order valence-corrected chi connectivity index (χ2v) is 8.69. The van der Waals surface area contributed by atoms with Gasteiger partial charge in [0.25, 0.3) is 11.7 Å². The van der Waals surface area contributed by atoms with Crippen molar-refractivity contribution in [1.29, 1.82) is 0 Å². The number of carbonyl (C=O) groups is 2. The zero-order valence-corrected chi connectivity index (χ0v) is 20.7. The third-order valence-electron chi connectivity index (χ3n) is 5.97. The highest BCUT2D eigenvalue weighted by Gasteiger charge is 2.47. The molecule has 7 heteroatoms. The van der Waals surface area contributed by atoms with Gasteiger partial charge in [0.15, 0.2) is 0 Å². The van der Waals surface area contributed by atoms with E-state index < -0.39 is 17.7 Å². The maximum Gasteiger partial charge on any atom is 0.300 e. The molecule has 180 valence electrons. The van der Waals surface area contributed by atoms with Crippen molar-refractivity contribution in [3.05, 3.63) is 93.5 Å². The first-order valence-corrected chi connectivity index (χ1v) is 11.6. The summed E-state index contributed by atoms with van der Waals surface area (Å²) in [6.07, 6.45) is 0. The average Bonchev–Trinajstić information content (AvgIpc) is 3.09. The quantitative estimate of drug-likeness (QED) is 0.260. The highest BCUT2D eigenvalue weighted by molar-refractivity contribution is 6.52. The number of rotatable bonds is 6. The zero-order valence-electron chi connectivity index (χ0n) is 20.0. The van der Waals surface area contributed by atoms with Crippen LogP contribution in [0, 0.1) is 13.8 Å². The fraction of sp³-hybridized carbons (Fsp3) is 0.214. The van der Waals surface area contributed by atoms with Crippen LogP contribution in [0.15, 0.2) is 66.2 Å². The number of para-hydroxylation sites is 1. The predicted octanol–water partition coefficient (Wildman–Crippen LogP) is 5.99. The average molecular weight is 492 g/mol. The van der Waals surface area contributed by atoms with Gasteiger partial charge in [-0.1, -0.05) is 41.9 Å². The first-order valence-electron chi connectivity index (χ1n) is 11.2. The number of aliphatic hydroxyl groups excluding tert-OH is 1. The maximum atomic E-state index is 13.4. The Labute approximate surface area is 209 Å². The van der Waals surface area contributed by atoms with Gasteiger partial charge in [-0.2, -0.15) is 0 Å². The molecule has 0 aromatic heterocycles. The molecule has 1 aliphatic heterocycles. The fourth-order valence-electron chi connectivity index (χ4n) is 4.40. The Morgan fingerprint density at radius 2 is 1.74 bits per heavy atom. The summed E-state index contributed by atoms with van der Waals surface area (Å²) in [5.74, 6) is -0.971. The largest absolute Gasteiger partial charge is 0.507 e. The molecule has 4 rings (SSSR count). The highest BCUT2D eigenvalue weighted by Crippen LogP contribution is 2.45. The number of Topliss-reactive ketones (excluding diaryl/α,β-unsaturated/α-hetero) is 1. The van der Waals surface area contributed by atoms with E-state index in [4.69, 9.17) is 21.1 Å². The summed E-state index contributed by atoms with van der Waals surface area (Å²) in [5.41, 5.74) is 3.03. The second kappa shape index (κ2) is 9.84. The molecule has 0 saturated carbocycles. The standard InChI is InChI=1S/C28H26ClNO5/c1-5-35-19-12-10-18(11-13-19)24-23(25(31)20-14-16(2)15-21(29)27(20)34-4)26(32)28(33)30(24)22-9-7-6-8-17(22)3/h6-15,24,31H,5H2,1-4H3/b25-23+. The molecular weight excluding hydrogens is 466 g/mol. The lowest BCUT2D eigenvalue weighted by molar-refractivity contribution is -0.132. The van der Waals surface area contributed by atoms with Crippen LogP contribution in [0.2, 0.25) is 5.02 Å². The summed E-state index contributed by atoms with van der Waals surface area (Å²) in [5, 5.41) is 11.8. The van der Waals surface area contributed by atoms with E-state index in [9.17, 15) is 14.7 Å². The molecule has 0 aliphatic carbocycles. The van der Waals surface area contributed by atoms with Crippen LogP contribution in [0.1, 0.15) is 35.2 Å². The summed E-state index contributed by atoms with van der Waals surface area (Å²) in [4.78, 5) is 28.3.